The molecule has 0 aliphatic rings. The Morgan fingerprint density at radius 2 is 1.89 bits per heavy atom. The van der Waals surface area contributed by atoms with E-state index >= 15 is 0 Å². The fourth-order valence-electron chi connectivity index (χ4n) is 1.40. The van der Waals surface area contributed by atoms with Gasteiger partial charge in [0.05, 0.1) is 19.8 Å². The lowest BCUT2D eigenvalue weighted by Crippen LogP contribution is -2.06. The molecule has 0 bridgehead atoms. The van der Waals surface area contributed by atoms with Crippen molar-refractivity contribution in [3.63, 3.8) is 0 Å². The molecule has 1 aromatic carbocycles. The fraction of sp³-hybridized carbons (Fsp3) is 0.538. The fourth-order valence-corrected chi connectivity index (χ4v) is 1.78. The molecule has 0 radical (unpaired) electrons. The maximum atomic E-state index is 5.78. The third-order valence-electron chi connectivity index (χ3n) is 2.38. The van der Waals surface area contributed by atoms with E-state index in [0.29, 0.717) is 33.0 Å². The molecule has 0 aliphatic carbocycles. The predicted molar refractivity (Wildman–Crippen MR) is 75.5 cm³/mol. The molecule has 1 rings (SSSR count). The SMILES string of the molecule is COCCOCCCOCc1cccc(N)c1Br. The van der Waals surface area contributed by atoms with Gasteiger partial charge in [0.25, 0.3) is 0 Å². The van der Waals surface area contributed by atoms with Gasteiger partial charge in [-0.05, 0) is 34.0 Å². The molecule has 102 valence electrons. The molecule has 0 amide bonds. The smallest absolute Gasteiger partial charge is 0.0728 e. The summed E-state index contributed by atoms with van der Waals surface area (Å²) in [5.74, 6) is 0. The molecule has 0 unspecified atom stereocenters. The molecule has 5 heteroatoms. The van der Waals surface area contributed by atoms with Gasteiger partial charge in [-0.15, -0.1) is 0 Å². The zero-order valence-corrected chi connectivity index (χ0v) is 12.2. The third kappa shape index (κ3) is 5.82. The van der Waals surface area contributed by atoms with Crippen molar-refractivity contribution >= 4 is 21.6 Å². The summed E-state index contributed by atoms with van der Waals surface area (Å²) < 4.78 is 16.7. The van der Waals surface area contributed by atoms with Crippen LogP contribution in [0.5, 0.6) is 0 Å². The van der Waals surface area contributed by atoms with E-state index in [4.69, 9.17) is 19.9 Å². The van der Waals surface area contributed by atoms with Crippen LogP contribution in [0.2, 0.25) is 0 Å². The monoisotopic (exact) mass is 317 g/mol. The van der Waals surface area contributed by atoms with Gasteiger partial charge in [-0.3, -0.25) is 0 Å². The van der Waals surface area contributed by atoms with Crippen LogP contribution in [0.15, 0.2) is 22.7 Å². The number of ether oxygens (including phenoxy) is 3. The molecule has 0 saturated heterocycles. The first-order valence-electron chi connectivity index (χ1n) is 5.93. The Kier molecular flexibility index (Phi) is 8.00. The summed E-state index contributed by atoms with van der Waals surface area (Å²) in [6, 6.07) is 5.78. The molecule has 0 fully saturated rings. The van der Waals surface area contributed by atoms with E-state index in [1.54, 1.807) is 7.11 Å². The van der Waals surface area contributed by atoms with Gasteiger partial charge in [0.1, 0.15) is 0 Å². The summed E-state index contributed by atoms with van der Waals surface area (Å²) in [6.07, 6.45) is 0.879. The Hall–Kier alpha value is -0.620. The van der Waals surface area contributed by atoms with Crippen LogP contribution in [0.25, 0.3) is 0 Å². The van der Waals surface area contributed by atoms with Crippen LogP contribution >= 0.6 is 15.9 Å². The summed E-state index contributed by atoms with van der Waals surface area (Å²) in [4.78, 5) is 0. The molecular formula is C13H20BrNO3. The van der Waals surface area contributed by atoms with Crippen molar-refractivity contribution in [3.8, 4) is 0 Å². The van der Waals surface area contributed by atoms with E-state index in [9.17, 15) is 0 Å². The summed E-state index contributed by atoms with van der Waals surface area (Å²) in [6.45, 7) is 3.20. The van der Waals surface area contributed by atoms with Gasteiger partial charge in [-0.1, -0.05) is 12.1 Å². The van der Waals surface area contributed by atoms with Gasteiger partial charge in [-0.2, -0.15) is 0 Å². The largest absolute Gasteiger partial charge is 0.398 e. The van der Waals surface area contributed by atoms with Crippen LogP contribution in [0.4, 0.5) is 5.69 Å². The Morgan fingerprint density at radius 3 is 2.67 bits per heavy atom. The molecule has 0 aliphatic heterocycles. The number of nitrogens with two attached hydrogens (primary N) is 1. The molecule has 0 spiro atoms. The second-order valence-corrected chi connectivity index (χ2v) is 4.62. The molecule has 0 saturated carbocycles. The lowest BCUT2D eigenvalue weighted by Gasteiger charge is -2.08. The second-order valence-electron chi connectivity index (χ2n) is 3.83. The zero-order valence-electron chi connectivity index (χ0n) is 10.7. The average molecular weight is 318 g/mol. The van der Waals surface area contributed by atoms with Crippen molar-refractivity contribution in [1.82, 2.24) is 0 Å². The molecule has 4 nitrogen and oxygen atoms in total. The predicted octanol–water partition coefficient (Wildman–Crippen LogP) is 2.60. The highest BCUT2D eigenvalue weighted by atomic mass is 79.9. The summed E-state index contributed by atoms with van der Waals surface area (Å²) in [7, 11) is 1.66. The molecule has 18 heavy (non-hydrogen) atoms. The summed E-state index contributed by atoms with van der Waals surface area (Å²) >= 11 is 3.45. The van der Waals surface area contributed by atoms with Crippen molar-refractivity contribution in [2.24, 2.45) is 0 Å². The zero-order chi connectivity index (χ0) is 13.2. The number of benzene rings is 1. The minimum atomic E-state index is 0.559. The lowest BCUT2D eigenvalue weighted by molar-refractivity contribution is 0.0483. The van der Waals surface area contributed by atoms with E-state index < -0.39 is 0 Å². The quantitative estimate of drug-likeness (QED) is 0.562. The van der Waals surface area contributed by atoms with E-state index in [1.165, 1.54) is 0 Å². The Labute approximate surface area is 117 Å². The molecule has 0 atom stereocenters. The van der Waals surface area contributed by atoms with Crippen LogP contribution in [0, 0.1) is 0 Å². The second kappa shape index (κ2) is 9.33. The Morgan fingerprint density at radius 1 is 1.11 bits per heavy atom. The van der Waals surface area contributed by atoms with Gasteiger partial charge < -0.3 is 19.9 Å². The highest BCUT2D eigenvalue weighted by Crippen LogP contribution is 2.24. The number of methoxy groups -OCH3 is 1. The van der Waals surface area contributed by atoms with Crippen LogP contribution in [0.3, 0.4) is 0 Å². The van der Waals surface area contributed by atoms with Crippen LogP contribution < -0.4 is 5.73 Å². The minimum absolute atomic E-state index is 0.559. The Balaban J connectivity index is 2.09. The number of hydrogen-bond acceptors (Lipinski definition) is 4. The normalized spacial score (nSPS) is 10.8. The van der Waals surface area contributed by atoms with Gasteiger partial charge >= 0.3 is 0 Å². The van der Waals surface area contributed by atoms with E-state index in [2.05, 4.69) is 15.9 Å². The minimum Gasteiger partial charge on any atom is -0.398 e. The van der Waals surface area contributed by atoms with E-state index in [0.717, 1.165) is 22.1 Å². The van der Waals surface area contributed by atoms with E-state index in [1.807, 2.05) is 18.2 Å². The van der Waals surface area contributed by atoms with Crippen molar-refractivity contribution in [2.45, 2.75) is 13.0 Å². The standard InChI is InChI=1S/C13H20BrNO3/c1-16-8-9-17-6-3-7-18-10-11-4-2-5-12(15)13(11)14/h2,4-5H,3,6-10,15H2,1H3. The van der Waals surface area contributed by atoms with Gasteiger partial charge in [0.15, 0.2) is 0 Å². The van der Waals surface area contributed by atoms with Crippen molar-refractivity contribution in [1.29, 1.82) is 0 Å². The van der Waals surface area contributed by atoms with Crippen LogP contribution in [-0.2, 0) is 20.8 Å². The maximum Gasteiger partial charge on any atom is 0.0728 e. The topological polar surface area (TPSA) is 53.7 Å². The molecule has 0 heterocycles. The van der Waals surface area contributed by atoms with Gasteiger partial charge in [0, 0.05) is 30.5 Å². The highest BCUT2D eigenvalue weighted by Gasteiger charge is 2.02. The Bertz CT molecular complexity index is 347. The molecule has 2 N–H and O–H groups in total. The highest BCUT2D eigenvalue weighted by molar-refractivity contribution is 9.10. The molecule has 1 aromatic rings. The van der Waals surface area contributed by atoms with Crippen molar-refractivity contribution in [3.05, 3.63) is 28.2 Å². The maximum absolute atomic E-state index is 5.78. The average Bonchev–Trinajstić information content (AvgIpc) is 2.37. The number of nitrogen functional groups attached to an aromatic ring is 1. The van der Waals surface area contributed by atoms with Crippen LogP contribution in [0.1, 0.15) is 12.0 Å². The van der Waals surface area contributed by atoms with Gasteiger partial charge in [-0.25, -0.2) is 0 Å². The van der Waals surface area contributed by atoms with Crippen molar-refractivity contribution in [2.75, 3.05) is 39.3 Å². The summed E-state index contributed by atoms with van der Waals surface area (Å²) in [5, 5.41) is 0. The lowest BCUT2D eigenvalue weighted by atomic mass is 10.2. The first-order valence-corrected chi connectivity index (χ1v) is 6.72. The first-order chi connectivity index (χ1) is 8.75. The number of hydrogen-bond donors (Lipinski definition) is 1. The first kappa shape index (κ1) is 15.4. The number of rotatable bonds is 9. The molecular weight excluding hydrogens is 298 g/mol. The van der Waals surface area contributed by atoms with Gasteiger partial charge in [0.2, 0.25) is 0 Å². The third-order valence-corrected chi connectivity index (χ3v) is 3.34. The molecule has 0 aromatic heterocycles. The number of anilines is 1. The van der Waals surface area contributed by atoms with Crippen LogP contribution in [-0.4, -0.2) is 33.5 Å². The summed E-state index contributed by atoms with van der Waals surface area (Å²) in [5.41, 5.74) is 7.59. The number of halogens is 1. The van der Waals surface area contributed by atoms with Crippen molar-refractivity contribution < 1.29 is 14.2 Å². The van der Waals surface area contributed by atoms with E-state index in [-0.39, 0.29) is 0 Å².